The molecular weight excluding hydrogens is 306 g/mol. The van der Waals surface area contributed by atoms with E-state index in [2.05, 4.69) is 20.8 Å². The number of benzene rings is 2. The quantitative estimate of drug-likeness (QED) is 0.931. The van der Waals surface area contributed by atoms with Gasteiger partial charge in [0.2, 0.25) is 0 Å². The molecule has 0 aliphatic rings. The predicted octanol–water partition coefficient (Wildman–Crippen LogP) is 3.72. The SMILES string of the molecule is COc1cccc(N(C)c2ccc(CO)c(Br)c2)c1. The van der Waals surface area contributed by atoms with Crippen LogP contribution in [0.2, 0.25) is 0 Å². The largest absolute Gasteiger partial charge is 0.497 e. The van der Waals surface area contributed by atoms with Crippen molar-refractivity contribution in [1.82, 2.24) is 0 Å². The average molecular weight is 322 g/mol. The molecule has 3 nitrogen and oxygen atoms in total. The number of aliphatic hydroxyl groups excluding tert-OH is 1. The van der Waals surface area contributed by atoms with Gasteiger partial charge in [0, 0.05) is 29.0 Å². The molecule has 0 aromatic heterocycles. The average Bonchev–Trinajstić information content (AvgIpc) is 2.46. The molecule has 2 aromatic rings. The molecule has 19 heavy (non-hydrogen) atoms. The molecule has 0 bridgehead atoms. The summed E-state index contributed by atoms with van der Waals surface area (Å²) in [7, 11) is 3.65. The van der Waals surface area contributed by atoms with Gasteiger partial charge in [-0.15, -0.1) is 0 Å². The summed E-state index contributed by atoms with van der Waals surface area (Å²) >= 11 is 3.46. The van der Waals surface area contributed by atoms with Crippen molar-refractivity contribution >= 4 is 27.3 Å². The molecule has 4 heteroatoms. The van der Waals surface area contributed by atoms with Crippen LogP contribution in [0.3, 0.4) is 0 Å². The van der Waals surface area contributed by atoms with Crippen molar-refractivity contribution in [3.63, 3.8) is 0 Å². The smallest absolute Gasteiger partial charge is 0.120 e. The van der Waals surface area contributed by atoms with Crippen LogP contribution in [0.15, 0.2) is 46.9 Å². The summed E-state index contributed by atoms with van der Waals surface area (Å²) in [6.45, 7) is 0.0315. The Bertz CT molecular complexity index is 572. The van der Waals surface area contributed by atoms with E-state index >= 15 is 0 Å². The number of halogens is 1. The van der Waals surface area contributed by atoms with Crippen LogP contribution in [0.5, 0.6) is 5.75 Å². The highest BCUT2D eigenvalue weighted by Crippen LogP contribution is 2.30. The van der Waals surface area contributed by atoms with Crippen molar-refractivity contribution in [3.05, 3.63) is 52.5 Å². The van der Waals surface area contributed by atoms with E-state index in [0.717, 1.165) is 27.2 Å². The molecule has 0 radical (unpaired) electrons. The van der Waals surface area contributed by atoms with Gasteiger partial charge in [0.1, 0.15) is 5.75 Å². The van der Waals surface area contributed by atoms with Crippen LogP contribution in [0, 0.1) is 0 Å². The van der Waals surface area contributed by atoms with Crippen molar-refractivity contribution < 1.29 is 9.84 Å². The molecule has 2 aromatic carbocycles. The van der Waals surface area contributed by atoms with Gasteiger partial charge < -0.3 is 14.7 Å². The summed E-state index contributed by atoms with van der Waals surface area (Å²) < 4.78 is 6.14. The van der Waals surface area contributed by atoms with E-state index in [1.54, 1.807) is 7.11 Å². The number of methoxy groups -OCH3 is 1. The Morgan fingerprint density at radius 3 is 2.53 bits per heavy atom. The first-order valence-corrected chi connectivity index (χ1v) is 6.72. The summed E-state index contributed by atoms with van der Waals surface area (Å²) in [6.07, 6.45) is 0. The molecule has 0 saturated carbocycles. The Kier molecular flexibility index (Phi) is 4.45. The van der Waals surface area contributed by atoms with E-state index in [1.807, 2.05) is 49.5 Å². The second kappa shape index (κ2) is 6.08. The third-order valence-corrected chi connectivity index (χ3v) is 3.77. The Labute approximate surface area is 121 Å². The lowest BCUT2D eigenvalue weighted by atomic mass is 10.2. The van der Waals surface area contributed by atoms with Crippen molar-refractivity contribution in [1.29, 1.82) is 0 Å². The summed E-state index contributed by atoms with van der Waals surface area (Å²) in [5.74, 6) is 0.829. The fourth-order valence-corrected chi connectivity index (χ4v) is 2.33. The van der Waals surface area contributed by atoms with E-state index in [4.69, 9.17) is 4.74 Å². The van der Waals surface area contributed by atoms with Gasteiger partial charge in [-0.1, -0.05) is 28.1 Å². The van der Waals surface area contributed by atoms with E-state index in [-0.39, 0.29) is 6.61 Å². The van der Waals surface area contributed by atoms with Crippen molar-refractivity contribution in [2.45, 2.75) is 6.61 Å². The molecule has 0 fully saturated rings. The normalized spacial score (nSPS) is 10.3. The van der Waals surface area contributed by atoms with Gasteiger partial charge in [0.05, 0.1) is 13.7 Å². The number of anilines is 2. The zero-order valence-corrected chi connectivity index (χ0v) is 12.5. The minimum atomic E-state index is 0.0315. The molecular formula is C15H16BrNO2. The van der Waals surface area contributed by atoms with Crippen LogP contribution >= 0.6 is 15.9 Å². The number of ether oxygens (including phenoxy) is 1. The predicted molar refractivity (Wildman–Crippen MR) is 81.1 cm³/mol. The highest BCUT2D eigenvalue weighted by Gasteiger charge is 2.07. The van der Waals surface area contributed by atoms with Crippen LogP contribution in [0.25, 0.3) is 0 Å². The molecule has 0 aliphatic carbocycles. The fourth-order valence-electron chi connectivity index (χ4n) is 1.84. The Balaban J connectivity index is 2.32. The van der Waals surface area contributed by atoms with Crippen LogP contribution in [0.4, 0.5) is 11.4 Å². The van der Waals surface area contributed by atoms with E-state index in [1.165, 1.54) is 0 Å². The summed E-state index contributed by atoms with van der Waals surface area (Å²) in [4.78, 5) is 2.06. The molecule has 0 spiro atoms. The molecule has 100 valence electrons. The van der Waals surface area contributed by atoms with E-state index < -0.39 is 0 Å². The number of nitrogens with zero attached hydrogens (tertiary/aromatic N) is 1. The summed E-state index contributed by atoms with van der Waals surface area (Å²) in [6, 6.07) is 13.8. The number of rotatable bonds is 4. The van der Waals surface area contributed by atoms with E-state index in [0.29, 0.717) is 0 Å². The van der Waals surface area contributed by atoms with Gasteiger partial charge in [-0.05, 0) is 29.8 Å². The van der Waals surface area contributed by atoms with Gasteiger partial charge in [0.25, 0.3) is 0 Å². The second-order valence-corrected chi connectivity index (χ2v) is 5.05. The van der Waals surface area contributed by atoms with Crippen LogP contribution in [-0.4, -0.2) is 19.3 Å². The molecule has 0 saturated heterocycles. The molecule has 0 amide bonds. The molecule has 0 atom stereocenters. The van der Waals surface area contributed by atoms with Gasteiger partial charge in [0.15, 0.2) is 0 Å². The highest BCUT2D eigenvalue weighted by atomic mass is 79.9. The lowest BCUT2D eigenvalue weighted by Crippen LogP contribution is -2.09. The zero-order chi connectivity index (χ0) is 13.8. The highest BCUT2D eigenvalue weighted by molar-refractivity contribution is 9.10. The maximum Gasteiger partial charge on any atom is 0.120 e. The third kappa shape index (κ3) is 3.08. The third-order valence-electron chi connectivity index (χ3n) is 3.03. The first-order chi connectivity index (χ1) is 9.15. The number of hydrogen-bond donors (Lipinski definition) is 1. The summed E-state index contributed by atoms with van der Waals surface area (Å²) in [5, 5.41) is 9.17. The fraction of sp³-hybridized carbons (Fsp3) is 0.200. The minimum absolute atomic E-state index is 0.0315. The Hall–Kier alpha value is -1.52. The maximum atomic E-state index is 9.17. The van der Waals surface area contributed by atoms with E-state index in [9.17, 15) is 5.11 Å². The molecule has 1 N–H and O–H groups in total. The standard InChI is InChI=1S/C15H16BrNO2/c1-17(12-4-3-5-14(8-12)19-2)13-7-6-11(10-18)15(16)9-13/h3-9,18H,10H2,1-2H3. The zero-order valence-electron chi connectivity index (χ0n) is 10.9. The van der Waals surface area contributed by atoms with Crippen molar-refractivity contribution in [2.75, 3.05) is 19.1 Å². The first-order valence-electron chi connectivity index (χ1n) is 5.92. The van der Waals surface area contributed by atoms with Gasteiger partial charge in [-0.2, -0.15) is 0 Å². The Morgan fingerprint density at radius 1 is 1.16 bits per heavy atom. The maximum absolute atomic E-state index is 9.17. The lowest BCUT2D eigenvalue weighted by Gasteiger charge is -2.21. The van der Waals surface area contributed by atoms with Gasteiger partial charge in [-0.25, -0.2) is 0 Å². The molecule has 2 rings (SSSR count). The lowest BCUT2D eigenvalue weighted by molar-refractivity contribution is 0.281. The minimum Gasteiger partial charge on any atom is -0.497 e. The first kappa shape index (κ1) is 13.9. The molecule has 0 aliphatic heterocycles. The van der Waals surface area contributed by atoms with Crippen LogP contribution in [-0.2, 0) is 6.61 Å². The number of aliphatic hydroxyl groups is 1. The van der Waals surface area contributed by atoms with Gasteiger partial charge in [-0.3, -0.25) is 0 Å². The van der Waals surface area contributed by atoms with Crippen molar-refractivity contribution in [3.8, 4) is 5.75 Å². The summed E-state index contributed by atoms with van der Waals surface area (Å²) in [5.41, 5.74) is 2.96. The topological polar surface area (TPSA) is 32.7 Å². The molecule has 0 unspecified atom stereocenters. The number of hydrogen-bond acceptors (Lipinski definition) is 3. The van der Waals surface area contributed by atoms with Gasteiger partial charge >= 0.3 is 0 Å². The van der Waals surface area contributed by atoms with Crippen LogP contribution < -0.4 is 9.64 Å². The van der Waals surface area contributed by atoms with Crippen LogP contribution in [0.1, 0.15) is 5.56 Å². The van der Waals surface area contributed by atoms with Crippen molar-refractivity contribution in [2.24, 2.45) is 0 Å². The second-order valence-electron chi connectivity index (χ2n) is 4.19. The molecule has 0 heterocycles. The Morgan fingerprint density at radius 2 is 1.89 bits per heavy atom. The monoisotopic (exact) mass is 321 g/mol.